The van der Waals surface area contributed by atoms with Crippen molar-refractivity contribution >= 4 is 33.9 Å². The van der Waals surface area contributed by atoms with E-state index < -0.39 is 0 Å². The summed E-state index contributed by atoms with van der Waals surface area (Å²) < 4.78 is 12.7. The third kappa shape index (κ3) is 3.21. The van der Waals surface area contributed by atoms with E-state index in [1.807, 2.05) is 42.7 Å². The quantitative estimate of drug-likeness (QED) is 0.309. The minimum atomic E-state index is 0.650. The molecule has 0 unspecified atom stereocenters. The van der Waals surface area contributed by atoms with Crippen molar-refractivity contribution in [3.8, 4) is 5.69 Å². The molecule has 1 aromatic carbocycles. The number of hydrogen-bond acceptors (Lipinski definition) is 3. The van der Waals surface area contributed by atoms with Gasteiger partial charge >= 0.3 is 6.67 Å². The topological polar surface area (TPSA) is 50.7 Å². The summed E-state index contributed by atoms with van der Waals surface area (Å²) in [4.78, 5) is 8.62. The van der Waals surface area contributed by atoms with Gasteiger partial charge in [-0.25, -0.2) is 4.98 Å². The summed E-state index contributed by atoms with van der Waals surface area (Å²) in [7, 11) is 2.09. The highest BCUT2D eigenvalue weighted by Gasteiger charge is 2.23. The Morgan fingerprint density at radius 3 is 2.88 bits per heavy atom. The number of aromatic nitrogens is 4. The van der Waals surface area contributed by atoms with Gasteiger partial charge in [0.05, 0.1) is 11.8 Å². The van der Waals surface area contributed by atoms with Crippen molar-refractivity contribution in [1.82, 2.24) is 14.6 Å². The van der Waals surface area contributed by atoms with Gasteiger partial charge in [-0.05, 0) is 42.3 Å². The first-order chi connectivity index (χ1) is 15.6. The summed E-state index contributed by atoms with van der Waals surface area (Å²) in [5, 5.41) is 2.08. The SMILES string of the molecule is C=Cc1ccc2c(oc3ncccc32)c1/C(C)=[N+](/C)C[n+]1cccn1-c1ccncc1C. The number of hydrogen-bond donors (Lipinski definition) is 0. The molecule has 0 fully saturated rings. The summed E-state index contributed by atoms with van der Waals surface area (Å²) in [5.41, 5.74) is 6.88. The van der Waals surface area contributed by atoms with Gasteiger partial charge in [-0.2, -0.15) is 4.58 Å². The lowest BCUT2D eigenvalue weighted by Gasteiger charge is -2.08. The minimum absolute atomic E-state index is 0.650. The van der Waals surface area contributed by atoms with E-state index in [9.17, 15) is 0 Å². The Hall–Kier alpha value is -4.06. The van der Waals surface area contributed by atoms with E-state index in [0.29, 0.717) is 12.4 Å². The first kappa shape index (κ1) is 19.9. The number of fused-ring (bicyclic) bond motifs is 3. The van der Waals surface area contributed by atoms with E-state index in [4.69, 9.17) is 4.42 Å². The van der Waals surface area contributed by atoms with Crippen LogP contribution in [0.4, 0.5) is 0 Å². The van der Waals surface area contributed by atoms with Crippen molar-refractivity contribution in [3.63, 3.8) is 0 Å². The number of nitrogens with zero attached hydrogens (tertiary/aromatic N) is 5. The smallest absolute Gasteiger partial charge is 0.361 e. The van der Waals surface area contributed by atoms with E-state index in [1.165, 1.54) is 0 Å². The van der Waals surface area contributed by atoms with Crippen molar-refractivity contribution in [2.24, 2.45) is 0 Å². The van der Waals surface area contributed by atoms with Crippen LogP contribution in [-0.4, -0.2) is 32.0 Å². The second kappa shape index (κ2) is 7.89. The third-order valence-corrected chi connectivity index (χ3v) is 5.96. The highest BCUT2D eigenvalue weighted by molar-refractivity contribution is 6.14. The zero-order valence-corrected chi connectivity index (χ0v) is 18.5. The molecule has 6 nitrogen and oxygen atoms in total. The minimum Gasteiger partial charge on any atom is -0.437 e. The van der Waals surface area contributed by atoms with Gasteiger partial charge in [-0.3, -0.25) is 4.98 Å². The summed E-state index contributed by atoms with van der Waals surface area (Å²) in [6.45, 7) is 8.88. The van der Waals surface area contributed by atoms with Gasteiger partial charge in [-0.1, -0.05) is 23.4 Å². The molecule has 0 bridgehead atoms. The molecule has 0 atom stereocenters. The number of aryl methyl sites for hydroxylation is 1. The lowest BCUT2D eigenvalue weighted by Crippen LogP contribution is -2.46. The molecule has 32 heavy (non-hydrogen) atoms. The molecular weight excluding hydrogens is 398 g/mol. The number of rotatable bonds is 5. The normalized spacial score (nSPS) is 12.3. The fraction of sp³-hybridized carbons (Fsp3) is 0.154. The summed E-state index contributed by atoms with van der Waals surface area (Å²) in [5.74, 6) is 0. The first-order valence-corrected chi connectivity index (χ1v) is 10.5. The molecule has 158 valence electrons. The van der Waals surface area contributed by atoms with Crippen molar-refractivity contribution in [2.45, 2.75) is 20.5 Å². The van der Waals surface area contributed by atoms with Gasteiger partial charge < -0.3 is 4.42 Å². The third-order valence-electron chi connectivity index (χ3n) is 5.96. The largest absolute Gasteiger partial charge is 0.437 e. The number of pyridine rings is 2. The Kier molecular flexibility index (Phi) is 4.90. The van der Waals surface area contributed by atoms with Crippen LogP contribution in [0.15, 0.2) is 78.4 Å². The van der Waals surface area contributed by atoms with E-state index in [2.05, 4.69) is 75.9 Å². The standard InChI is InChI=1S/C26H25N5O/c1-5-20-9-10-21-22-8-6-12-28-26(22)32-25(21)24(20)19(3)29(4)17-30-14-7-15-31(30)23-11-13-27-16-18(23)2/h5-16H,1,17H2,2-4H3/q+2/b29-19-. The predicted octanol–water partition coefficient (Wildman–Crippen LogP) is 4.51. The highest BCUT2D eigenvalue weighted by atomic mass is 16.3. The average molecular weight is 424 g/mol. The maximum absolute atomic E-state index is 6.22. The molecule has 4 aromatic heterocycles. The molecule has 6 heteroatoms. The van der Waals surface area contributed by atoms with Crippen LogP contribution in [-0.2, 0) is 6.67 Å². The van der Waals surface area contributed by atoms with Crippen LogP contribution >= 0.6 is 0 Å². The van der Waals surface area contributed by atoms with E-state index in [0.717, 1.165) is 44.4 Å². The van der Waals surface area contributed by atoms with Crippen molar-refractivity contribution < 1.29 is 13.7 Å². The van der Waals surface area contributed by atoms with Crippen LogP contribution in [0.3, 0.4) is 0 Å². The van der Waals surface area contributed by atoms with Crippen molar-refractivity contribution in [2.75, 3.05) is 7.05 Å². The molecular formula is C26H25N5O+2. The zero-order valence-electron chi connectivity index (χ0n) is 18.5. The lowest BCUT2D eigenvalue weighted by molar-refractivity contribution is -0.885. The maximum atomic E-state index is 6.22. The van der Waals surface area contributed by atoms with Crippen molar-refractivity contribution in [3.05, 3.63) is 90.7 Å². The van der Waals surface area contributed by atoms with Gasteiger partial charge in [0.2, 0.25) is 11.9 Å². The van der Waals surface area contributed by atoms with E-state index in [1.54, 1.807) is 6.20 Å². The molecule has 0 spiro atoms. The van der Waals surface area contributed by atoms with Crippen LogP contribution in [0.5, 0.6) is 0 Å². The van der Waals surface area contributed by atoms with Crippen LogP contribution in [0.2, 0.25) is 0 Å². The van der Waals surface area contributed by atoms with Crippen LogP contribution in [0.25, 0.3) is 33.8 Å². The molecule has 0 N–H and O–H groups in total. The molecule has 0 amide bonds. The number of furan rings is 1. The van der Waals surface area contributed by atoms with E-state index in [-0.39, 0.29) is 0 Å². The van der Waals surface area contributed by atoms with Gasteiger partial charge in [0.25, 0.3) is 0 Å². The molecule has 0 aliphatic rings. The molecule has 5 rings (SSSR count). The molecule has 0 aliphatic heterocycles. The van der Waals surface area contributed by atoms with Crippen LogP contribution < -0.4 is 4.68 Å². The molecule has 0 saturated heterocycles. The molecule has 4 heterocycles. The monoisotopic (exact) mass is 423 g/mol. The fourth-order valence-corrected chi connectivity index (χ4v) is 4.18. The Morgan fingerprint density at radius 2 is 2.06 bits per heavy atom. The summed E-state index contributed by atoms with van der Waals surface area (Å²) >= 11 is 0. The maximum Gasteiger partial charge on any atom is 0.361 e. The van der Waals surface area contributed by atoms with Gasteiger partial charge in [0.15, 0.2) is 11.3 Å². The van der Waals surface area contributed by atoms with E-state index >= 15 is 0 Å². The lowest BCUT2D eigenvalue weighted by atomic mass is 10.00. The summed E-state index contributed by atoms with van der Waals surface area (Å²) in [6.07, 6.45) is 11.5. The summed E-state index contributed by atoms with van der Waals surface area (Å²) in [6, 6.07) is 12.2. The predicted molar refractivity (Wildman–Crippen MR) is 126 cm³/mol. The average Bonchev–Trinajstić information content (AvgIpc) is 3.42. The first-order valence-electron chi connectivity index (χ1n) is 10.5. The molecule has 5 aromatic rings. The van der Waals surface area contributed by atoms with Crippen LogP contribution in [0, 0.1) is 6.92 Å². The van der Waals surface area contributed by atoms with Gasteiger partial charge in [0, 0.05) is 42.4 Å². The van der Waals surface area contributed by atoms with Crippen LogP contribution in [0.1, 0.15) is 23.6 Å². The number of benzene rings is 1. The van der Waals surface area contributed by atoms with Gasteiger partial charge in [-0.15, -0.1) is 4.68 Å². The molecule has 0 saturated carbocycles. The Morgan fingerprint density at radius 1 is 1.19 bits per heavy atom. The fourth-order valence-electron chi connectivity index (χ4n) is 4.18. The van der Waals surface area contributed by atoms with Crippen molar-refractivity contribution in [1.29, 1.82) is 0 Å². The molecule has 0 radical (unpaired) electrons. The second-order valence-electron chi connectivity index (χ2n) is 7.93. The second-order valence-corrected chi connectivity index (χ2v) is 7.93. The Labute approximate surface area is 186 Å². The van der Waals surface area contributed by atoms with Gasteiger partial charge in [0.1, 0.15) is 12.7 Å². The zero-order chi connectivity index (χ0) is 22.2. The Bertz CT molecular complexity index is 1510. The highest BCUT2D eigenvalue weighted by Crippen LogP contribution is 2.32. The molecule has 0 aliphatic carbocycles. The Balaban J connectivity index is 1.64.